The molecule has 7 aromatic heterocycles. The van der Waals surface area contributed by atoms with Crippen LogP contribution >= 0.6 is 11.3 Å². The number of thiophene rings is 1. The Balaban J connectivity index is 0.000000122. The van der Waals surface area contributed by atoms with Crippen molar-refractivity contribution in [3.05, 3.63) is 453 Å². The monoisotopic (exact) mass is 2280 g/mol. The zero-order valence-corrected chi connectivity index (χ0v) is 80.3. The molecule has 638 valence electrons. The number of rotatable bonds is 14. The Hall–Kier alpha value is -13.6. The van der Waals surface area contributed by atoms with E-state index in [1.165, 1.54) is 53.0 Å². The van der Waals surface area contributed by atoms with Gasteiger partial charge in [0.05, 0.1) is 39.3 Å². The van der Waals surface area contributed by atoms with E-state index in [9.17, 15) is 0 Å². The molecule has 11 nitrogen and oxygen atoms in total. The number of aryl methyl sites for hydroxylation is 1. The fourth-order valence-electron chi connectivity index (χ4n) is 18.5. The van der Waals surface area contributed by atoms with Gasteiger partial charge in [-0.25, -0.2) is 9.97 Å². The van der Waals surface area contributed by atoms with Crippen LogP contribution in [0.25, 0.3) is 115 Å². The van der Waals surface area contributed by atoms with E-state index in [-0.39, 0.29) is 67.1 Å². The molecule has 9 heterocycles. The molecule has 0 atom stereocenters. The third-order valence-electron chi connectivity index (χ3n) is 24.5. The summed E-state index contributed by atoms with van der Waals surface area (Å²) < 4.78 is 8.80. The van der Waals surface area contributed by atoms with E-state index in [0.717, 1.165) is 169 Å². The maximum Gasteiger partial charge on any atom is 3.00 e. The molecule has 16 aromatic carbocycles. The van der Waals surface area contributed by atoms with Crippen LogP contribution in [-0.2, 0) is 80.6 Å². The molecule has 0 aliphatic carbocycles. The van der Waals surface area contributed by atoms with Crippen molar-refractivity contribution < 1.29 is 71.7 Å². The van der Waals surface area contributed by atoms with Crippen molar-refractivity contribution in [1.82, 2.24) is 28.5 Å². The zero-order chi connectivity index (χ0) is 85.3. The summed E-state index contributed by atoms with van der Waals surface area (Å²) in [5.74, 6) is 1.81. The number of para-hydroxylation sites is 9. The van der Waals surface area contributed by atoms with Crippen molar-refractivity contribution >= 4 is 189 Å². The fourth-order valence-corrected chi connectivity index (χ4v) is 22.9. The molecule has 23 aromatic rings. The van der Waals surface area contributed by atoms with Crippen LogP contribution in [-0.4, -0.2) is 65.9 Å². The third-order valence-corrected chi connectivity index (χ3v) is 29.1. The van der Waals surface area contributed by atoms with Gasteiger partial charge < -0.3 is 28.7 Å². The van der Waals surface area contributed by atoms with Gasteiger partial charge in [-0.1, -0.05) is 274 Å². The van der Waals surface area contributed by atoms with Crippen molar-refractivity contribution in [3.63, 3.8) is 0 Å². The number of pyridine rings is 2. The van der Waals surface area contributed by atoms with E-state index in [1.807, 2.05) is 53.9 Å². The van der Waals surface area contributed by atoms with Gasteiger partial charge in [0.25, 0.3) is 0 Å². The van der Waals surface area contributed by atoms with Gasteiger partial charge in [-0.3, -0.25) is 14.0 Å². The quantitative estimate of drug-likeness (QED) is 0.0465. The van der Waals surface area contributed by atoms with Crippen LogP contribution in [0.2, 0.25) is 0 Å². The molecule has 25 rings (SSSR count). The van der Waals surface area contributed by atoms with Gasteiger partial charge in [-0.15, -0.1) is 141 Å². The minimum absolute atomic E-state index is 0. The molecule has 0 bridgehead atoms. The van der Waals surface area contributed by atoms with E-state index < -0.39 is 8.80 Å². The van der Waals surface area contributed by atoms with Crippen LogP contribution in [0.3, 0.4) is 0 Å². The van der Waals surface area contributed by atoms with Crippen LogP contribution < -0.4 is 39.7 Å². The molecule has 2 aliphatic rings. The number of anilines is 10. The van der Waals surface area contributed by atoms with Gasteiger partial charge in [0, 0.05) is 92.4 Å². The van der Waals surface area contributed by atoms with Crippen molar-refractivity contribution in [2.75, 3.05) is 33.2 Å². The van der Waals surface area contributed by atoms with Crippen molar-refractivity contribution in [1.29, 1.82) is 0 Å². The Kier molecular flexibility index (Phi) is 24.0. The van der Waals surface area contributed by atoms with Crippen LogP contribution in [0, 0.1) is 36.5 Å². The number of hydrogen-bond acceptors (Lipinski definition) is 8. The first-order valence-corrected chi connectivity index (χ1v) is 45.8. The molecule has 0 saturated carbocycles. The van der Waals surface area contributed by atoms with Gasteiger partial charge in [-0.05, 0) is 97.7 Å². The van der Waals surface area contributed by atoms with Gasteiger partial charge >= 0.3 is 22.4 Å². The maximum absolute atomic E-state index is 5.64. The van der Waals surface area contributed by atoms with Crippen molar-refractivity contribution in [3.8, 4) is 33.6 Å². The minimum Gasteiger partial charge on any atom is -0.465 e. The van der Waals surface area contributed by atoms with E-state index in [1.54, 1.807) is 0 Å². The first kappa shape index (κ1) is 85.5. The second-order valence-electron chi connectivity index (χ2n) is 32.0. The van der Waals surface area contributed by atoms with E-state index in [0.29, 0.717) is 0 Å². The largest absolute Gasteiger partial charge is 3.00 e. The Morgan fingerprint density at radius 3 is 1.93 bits per heavy atom. The normalized spacial score (nSPS) is 12.0. The molecule has 0 unspecified atom stereocenters. The molecular weight excluding hydrogens is 2200 g/mol. The van der Waals surface area contributed by atoms with E-state index >= 15 is 0 Å². The molecule has 0 N–H and O–H groups in total. The summed E-state index contributed by atoms with van der Waals surface area (Å²) in [7, 11) is 5.84. The summed E-state index contributed by atoms with van der Waals surface area (Å²) in [6.07, 6.45) is 8.39. The van der Waals surface area contributed by atoms with Gasteiger partial charge in [0.2, 0.25) is 5.78 Å². The molecule has 0 fully saturated rings. The Morgan fingerprint density at radius 2 is 1.13 bits per heavy atom. The average Bonchev–Trinajstić information content (AvgIpc) is 1.65. The predicted octanol–water partition coefficient (Wildman–Crippen LogP) is 23.6. The summed E-state index contributed by atoms with van der Waals surface area (Å²) in [5, 5.41) is 12.0. The van der Waals surface area contributed by atoms with Gasteiger partial charge in [0.15, 0.2) is 14.6 Å². The number of hydrogen-bond donors (Lipinski definition) is 0. The maximum atomic E-state index is 5.64. The number of benzene rings is 16. The Bertz CT molecular complexity index is 8160. The van der Waals surface area contributed by atoms with Crippen LogP contribution in [0.5, 0.6) is 0 Å². The summed E-state index contributed by atoms with van der Waals surface area (Å²) >= 11 is 1.86. The summed E-state index contributed by atoms with van der Waals surface area (Å²) in [5.41, 5.74) is 25.6. The zero-order valence-electron chi connectivity index (χ0n) is 70.8. The molecule has 0 saturated heterocycles. The molecule has 131 heavy (non-hydrogen) atoms. The predicted molar refractivity (Wildman–Crippen MR) is 532 cm³/mol. The first-order chi connectivity index (χ1) is 63.3. The molecular formula is C114H77Au3N11SSi2-3. The average molecular weight is 2280 g/mol. The fraction of sp³-hybridized carbons (Fsp3) is 0.0351. The minimum atomic E-state index is -1.35. The smallest absolute Gasteiger partial charge is 0.465 e. The Morgan fingerprint density at radius 1 is 0.504 bits per heavy atom. The van der Waals surface area contributed by atoms with E-state index in [4.69, 9.17) is 9.97 Å². The standard InChI is InChI=1S/C43H32N4Si.C38H25N2Si.C33H20N5S.3Au/c1-45-27-26-36-35(21-13-24-37(36)45)30-14-11-16-32(28-30)47-39-23-10-9-22-38(39)46(2)40-29-31-15-12-25-41(42(31)44-43(40)47)48(33-17-5-3-6-18-33)34-19-7-4-8-20-34;41-38(29-11-3-1-4-12-29)35-21-8-13-27-22-23-33(26-36(27)35)40(31-17-5-2-6-18-31)32-19-7-15-30(25-32)34-20-9-14-28-16-10-24-39-37(28)34;1-2-10-23(11-3-1)36-20-18-29-31(36)30-32(39-29)38-28-16-7-6-15-27(28)37(33(38)34-30)25-13-8-12-24(21-25)35-19-17-22-9-4-5-14-26(22)35;;;/h3-27,29H,1-2H3;1-24,41H;1-10,12-17H,18,20H2;;;/q-1;-2;-3;;;+3. The topological polar surface area (TPSA) is 69.8 Å². The second-order valence-corrected chi connectivity index (χ2v) is 36.1. The summed E-state index contributed by atoms with van der Waals surface area (Å²) in [6.45, 7) is 0.956. The van der Waals surface area contributed by atoms with Crippen LogP contribution in [0.4, 0.5) is 57.0 Å². The van der Waals surface area contributed by atoms with Crippen molar-refractivity contribution in [2.24, 2.45) is 7.05 Å². The first-order valence-electron chi connectivity index (χ1n) is 42.9. The second kappa shape index (κ2) is 36.7. The molecule has 17 heteroatoms. The number of aromatic nitrogens is 7. The number of nitrogens with zero attached hydrogens (tertiary/aromatic N) is 11. The van der Waals surface area contributed by atoms with Gasteiger partial charge in [-0.2, -0.15) is 53.7 Å². The van der Waals surface area contributed by atoms with Crippen LogP contribution in [0.1, 0.15) is 16.0 Å². The SMILES string of the molecule is CN1c2ccccc2N(c2[c-]c(-c3cccc4c3[cH-]c[n+]4C)ccc2)c2nc3c([Si](c4ccccc4)c4ccccc4)cccc3cc21.[Au+3].[Au].[Au].[SiH]=C(c1ccccc1)c1cccc2ccc(N(c3[c-]c(-c4cccc5cccnc45)ccc3)c3ccccc3)[c-]c12.[c-]1ccccc1N1CCc2sc3c(nc4n(-c5[c-]c(-n6[c-]cc7ccccc76)ccc5)c5ccccc5n34)c21. The third kappa shape index (κ3) is 15.6. The molecule has 0 amide bonds. The van der Waals surface area contributed by atoms with Gasteiger partial charge in [0.1, 0.15) is 29.1 Å². The molecule has 0 spiro atoms. The van der Waals surface area contributed by atoms with Crippen molar-refractivity contribution in [2.45, 2.75) is 6.42 Å². The number of imidazole rings is 2. The summed E-state index contributed by atoms with van der Waals surface area (Å²) in [6, 6.07) is 155. The summed E-state index contributed by atoms with van der Waals surface area (Å²) in [4.78, 5) is 27.4. The van der Waals surface area contributed by atoms with E-state index in [2.05, 4.69) is 461 Å². The molecule has 4 radical (unpaired) electrons. The molecule has 2 aliphatic heterocycles. The number of fused-ring (bicyclic) bond motifs is 14. The Labute approximate surface area is 815 Å². The van der Waals surface area contributed by atoms with Crippen LogP contribution in [0.15, 0.2) is 401 Å².